The van der Waals surface area contributed by atoms with Crippen LogP contribution in [0.5, 0.6) is 0 Å². The highest BCUT2D eigenvalue weighted by molar-refractivity contribution is 6.29. The van der Waals surface area contributed by atoms with Crippen LogP contribution in [0.25, 0.3) is 0 Å². The Morgan fingerprint density at radius 3 is 2.91 bits per heavy atom. The zero-order valence-electron chi connectivity index (χ0n) is 6.15. The fourth-order valence-corrected chi connectivity index (χ4v) is 1.00. The number of anilines is 1. The third-order valence-electron chi connectivity index (χ3n) is 1.18. The van der Waals surface area contributed by atoms with Crippen LogP contribution in [-0.2, 0) is 0 Å². The van der Waals surface area contributed by atoms with Gasteiger partial charge in [-0.05, 0) is 6.92 Å². The van der Waals surface area contributed by atoms with E-state index in [9.17, 15) is 4.79 Å². The lowest BCUT2D eigenvalue weighted by atomic mass is 10.4. The average molecular weight is 173 g/mol. The van der Waals surface area contributed by atoms with Crippen LogP contribution >= 0.6 is 11.6 Å². The molecule has 0 saturated carbocycles. The standard InChI is InChI=1S/C7H9ClN2O/c1-2-9-7-4-5(11)3-6(8)10-7/h3-4H,2H2,1H3,(H2,9,10,11). The fourth-order valence-electron chi connectivity index (χ4n) is 0.795. The van der Waals surface area contributed by atoms with Crippen molar-refractivity contribution in [2.45, 2.75) is 6.92 Å². The Morgan fingerprint density at radius 2 is 2.36 bits per heavy atom. The van der Waals surface area contributed by atoms with Crippen LogP contribution < -0.4 is 10.7 Å². The third-order valence-corrected chi connectivity index (χ3v) is 1.38. The first-order valence-electron chi connectivity index (χ1n) is 3.36. The highest BCUT2D eigenvalue weighted by atomic mass is 35.5. The van der Waals surface area contributed by atoms with E-state index in [4.69, 9.17) is 11.6 Å². The Hall–Kier alpha value is -0.960. The van der Waals surface area contributed by atoms with Crippen LogP contribution in [-0.4, -0.2) is 11.5 Å². The number of H-pyrrole nitrogens is 1. The molecule has 0 atom stereocenters. The quantitative estimate of drug-likeness (QED) is 0.664. The van der Waals surface area contributed by atoms with E-state index in [1.807, 2.05) is 6.92 Å². The van der Waals surface area contributed by atoms with Gasteiger partial charge in [-0.2, -0.15) is 0 Å². The molecule has 0 unspecified atom stereocenters. The van der Waals surface area contributed by atoms with Gasteiger partial charge >= 0.3 is 0 Å². The second-order valence-corrected chi connectivity index (χ2v) is 2.52. The van der Waals surface area contributed by atoms with E-state index in [0.717, 1.165) is 6.54 Å². The van der Waals surface area contributed by atoms with Crippen LogP contribution in [0.1, 0.15) is 6.92 Å². The molecule has 1 aromatic heterocycles. The summed E-state index contributed by atoms with van der Waals surface area (Å²) in [5.74, 6) is 0.657. The minimum absolute atomic E-state index is 0.0929. The van der Waals surface area contributed by atoms with E-state index >= 15 is 0 Å². The molecule has 11 heavy (non-hydrogen) atoms. The smallest absolute Gasteiger partial charge is 0.185 e. The van der Waals surface area contributed by atoms with E-state index in [1.54, 1.807) is 0 Å². The van der Waals surface area contributed by atoms with Crippen molar-refractivity contribution >= 4 is 17.4 Å². The molecule has 4 heteroatoms. The van der Waals surface area contributed by atoms with Crippen LogP contribution in [0.4, 0.5) is 5.82 Å². The van der Waals surface area contributed by atoms with Gasteiger partial charge in [0.15, 0.2) is 5.43 Å². The summed E-state index contributed by atoms with van der Waals surface area (Å²) in [5.41, 5.74) is -0.0929. The van der Waals surface area contributed by atoms with Gasteiger partial charge in [-0.3, -0.25) is 4.79 Å². The molecule has 3 nitrogen and oxygen atoms in total. The van der Waals surface area contributed by atoms with Crippen molar-refractivity contribution in [1.29, 1.82) is 0 Å². The number of halogens is 1. The van der Waals surface area contributed by atoms with Gasteiger partial charge < -0.3 is 10.3 Å². The van der Waals surface area contributed by atoms with Gasteiger partial charge in [-0.1, -0.05) is 11.6 Å². The molecule has 0 aromatic carbocycles. The summed E-state index contributed by atoms with van der Waals surface area (Å²) in [6.45, 7) is 2.70. The number of pyridine rings is 1. The van der Waals surface area contributed by atoms with E-state index in [2.05, 4.69) is 10.3 Å². The van der Waals surface area contributed by atoms with Gasteiger partial charge in [0.2, 0.25) is 0 Å². The molecule has 0 aliphatic heterocycles. The maximum Gasteiger partial charge on any atom is 0.185 e. The molecular weight excluding hydrogens is 164 g/mol. The maximum atomic E-state index is 10.8. The summed E-state index contributed by atoms with van der Waals surface area (Å²) in [7, 11) is 0. The molecule has 0 saturated heterocycles. The molecular formula is C7H9ClN2O. The summed E-state index contributed by atoms with van der Waals surface area (Å²) in [6, 6.07) is 2.80. The number of hydrogen-bond donors (Lipinski definition) is 2. The lowest BCUT2D eigenvalue weighted by Crippen LogP contribution is -2.05. The minimum atomic E-state index is -0.0929. The first-order chi connectivity index (χ1) is 5.22. The molecule has 1 heterocycles. The van der Waals surface area contributed by atoms with Crippen molar-refractivity contribution in [2.24, 2.45) is 0 Å². The van der Waals surface area contributed by atoms with E-state index < -0.39 is 0 Å². The first kappa shape index (κ1) is 8.14. The number of aromatic nitrogens is 1. The summed E-state index contributed by atoms with van der Waals surface area (Å²) >= 11 is 5.59. The van der Waals surface area contributed by atoms with Gasteiger partial charge in [-0.25, -0.2) is 0 Å². The van der Waals surface area contributed by atoms with Gasteiger partial charge in [-0.15, -0.1) is 0 Å². The number of hydrogen-bond acceptors (Lipinski definition) is 2. The zero-order chi connectivity index (χ0) is 8.27. The molecule has 0 amide bonds. The molecule has 0 spiro atoms. The summed E-state index contributed by atoms with van der Waals surface area (Å²) in [4.78, 5) is 13.6. The normalized spacial score (nSPS) is 9.64. The van der Waals surface area contributed by atoms with Crippen LogP contribution in [0, 0.1) is 0 Å². The SMILES string of the molecule is CCNc1cc(=O)cc(Cl)[nH]1. The zero-order valence-corrected chi connectivity index (χ0v) is 6.90. The molecule has 2 N–H and O–H groups in total. The van der Waals surface area contributed by atoms with Crippen LogP contribution in [0.2, 0.25) is 5.15 Å². The monoisotopic (exact) mass is 172 g/mol. The lowest BCUT2D eigenvalue weighted by molar-refractivity contribution is 1.15. The second kappa shape index (κ2) is 3.44. The molecule has 60 valence electrons. The minimum Gasteiger partial charge on any atom is -0.372 e. The predicted molar refractivity (Wildman–Crippen MR) is 46.2 cm³/mol. The Bertz CT molecular complexity index is 295. The topological polar surface area (TPSA) is 44.9 Å². The molecule has 1 aromatic rings. The van der Waals surface area contributed by atoms with Crippen molar-refractivity contribution in [3.8, 4) is 0 Å². The predicted octanol–water partition coefficient (Wildman–Crippen LogP) is 1.46. The van der Waals surface area contributed by atoms with Gasteiger partial charge in [0, 0.05) is 18.7 Å². The summed E-state index contributed by atoms with van der Waals surface area (Å²) < 4.78 is 0. The molecule has 0 aliphatic rings. The van der Waals surface area contributed by atoms with Crippen molar-refractivity contribution in [1.82, 2.24) is 4.98 Å². The Kier molecular flexibility index (Phi) is 2.54. The fraction of sp³-hybridized carbons (Fsp3) is 0.286. The van der Waals surface area contributed by atoms with Gasteiger partial charge in [0.05, 0.1) is 0 Å². The van der Waals surface area contributed by atoms with E-state index in [0.29, 0.717) is 11.0 Å². The highest BCUT2D eigenvalue weighted by Gasteiger charge is 1.93. The second-order valence-electron chi connectivity index (χ2n) is 2.11. The largest absolute Gasteiger partial charge is 0.372 e. The Balaban J connectivity index is 2.99. The van der Waals surface area contributed by atoms with Crippen molar-refractivity contribution in [3.05, 3.63) is 27.5 Å². The Morgan fingerprint density at radius 1 is 1.64 bits per heavy atom. The maximum absolute atomic E-state index is 10.8. The third kappa shape index (κ3) is 2.27. The van der Waals surface area contributed by atoms with Gasteiger partial charge in [0.1, 0.15) is 11.0 Å². The number of nitrogens with one attached hydrogen (secondary N) is 2. The van der Waals surface area contributed by atoms with Crippen molar-refractivity contribution in [3.63, 3.8) is 0 Å². The van der Waals surface area contributed by atoms with E-state index in [1.165, 1.54) is 12.1 Å². The highest BCUT2D eigenvalue weighted by Crippen LogP contribution is 2.04. The van der Waals surface area contributed by atoms with E-state index in [-0.39, 0.29) is 5.43 Å². The molecule has 0 aliphatic carbocycles. The van der Waals surface area contributed by atoms with Gasteiger partial charge in [0.25, 0.3) is 0 Å². The number of rotatable bonds is 2. The van der Waals surface area contributed by atoms with Crippen LogP contribution in [0.3, 0.4) is 0 Å². The summed E-state index contributed by atoms with van der Waals surface area (Å²) in [6.07, 6.45) is 0. The molecule has 0 fully saturated rings. The molecule has 1 rings (SSSR count). The molecule has 0 bridgehead atoms. The van der Waals surface area contributed by atoms with Crippen LogP contribution in [0.15, 0.2) is 16.9 Å². The Labute approximate surface area is 69.4 Å². The first-order valence-corrected chi connectivity index (χ1v) is 3.74. The lowest BCUT2D eigenvalue weighted by Gasteiger charge is -2.01. The average Bonchev–Trinajstić information content (AvgIpc) is 1.85. The van der Waals surface area contributed by atoms with Crippen molar-refractivity contribution in [2.75, 3.05) is 11.9 Å². The molecule has 0 radical (unpaired) electrons. The number of aromatic amines is 1. The summed E-state index contributed by atoms with van der Waals surface area (Å²) in [5, 5.41) is 3.30. The van der Waals surface area contributed by atoms with Crippen molar-refractivity contribution < 1.29 is 0 Å².